The molecule has 0 spiro atoms. The Morgan fingerprint density at radius 1 is 1.36 bits per heavy atom. The lowest BCUT2D eigenvalue weighted by Crippen LogP contribution is -2.52. The van der Waals surface area contributed by atoms with E-state index >= 15 is 0 Å². The van der Waals surface area contributed by atoms with Crippen molar-refractivity contribution in [3.8, 4) is 0 Å². The lowest BCUT2D eigenvalue weighted by atomic mass is 10.1. The molecule has 0 radical (unpaired) electrons. The Bertz CT molecular complexity index is 881. The zero-order chi connectivity index (χ0) is 19.5. The summed E-state index contributed by atoms with van der Waals surface area (Å²) < 4.78 is 5.44. The maximum atomic E-state index is 12.2. The molecule has 2 unspecified atom stereocenters. The van der Waals surface area contributed by atoms with Crippen molar-refractivity contribution in [2.24, 2.45) is 5.10 Å². The third kappa shape index (κ3) is 4.05. The molecular formula is C19H21N5O3S. The average Bonchev–Trinajstić information content (AvgIpc) is 3.37. The van der Waals surface area contributed by atoms with Crippen molar-refractivity contribution in [2.45, 2.75) is 32.0 Å². The van der Waals surface area contributed by atoms with Gasteiger partial charge in [-0.3, -0.25) is 14.6 Å². The highest BCUT2D eigenvalue weighted by atomic mass is 32.2. The Morgan fingerprint density at radius 2 is 2.18 bits per heavy atom. The third-order valence-electron chi connectivity index (χ3n) is 4.67. The quantitative estimate of drug-likeness (QED) is 0.707. The Balaban J connectivity index is 1.32. The monoisotopic (exact) mass is 399 g/mol. The van der Waals surface area contributed by atoms with Crippen molar-refractivity contribution in [2.75, 3.05) is 5.75 Å². The fourth-order valence-corrected chi connectivity index (χ4v) is 3.93. The smallest absolute Gasteiger partial charge is 0.264 e. The molecule has 0 saturated carbocycles. The van der Waals surface area contributed by atoms with Gasteiger partial charge in [0.1, 0.15) is 11.8 Å². The van der Waals surface area contributed by atoms with Crippen molar-refractivity contribution >= 4 is 28.7 Å². The second kappa shape index (κ2) is 8.07. The molecule has 9 heteroatoms. The average molecular weight is 399 g/mol. The summed E-state index contributed by atoms with van der Waals surface area (Å²) in [4.78, 5) is 24.3. The van der Waals surface area contributed by atoms with E-state index in [0.29, 0.717) is 18.1 Å². The van der Waals surface area contributed by atoms with E-state index in [-0.39, 0.29) is 29.7 Å². The molecule has 146 valence electrons. The van der Waals surface area contributed by atoms with Gasteiger partial charge >= 0.3 is 0 Å². The number of fused-ring (bicyclic) bond motifs is 1. The van der Waals surface area contributed by atoms with Crippen molar-refractivity contribution in [1.29, 1.82) is 0 Å². The normalized spacial score (nSPS) is 21.1. The number of nitrogens with one attached hydrogen (secondary N) is 3. The van der Waals surface area contributed by atoms with Crippen LogP contribution in [0.25, 0.3) is 0 Å². The first-order valence-electron chi connectivity index (χ1n) is 9.01. The van der Waals surface area contributed by atoms with Gasteiger partial charge in [-0.25, -0.2) is 10.9 Å². The number of amidine groups is 1. The number of aryl methyl sites for hydroxylation is 1. The molecule has 3 heterocycles. The topological polar surface area (TPSA) is 99.0 Å². The van der Waals surface area contributed by atoms with Gasteiger partial charge in [0.2, 0.25) is 5.91 Å². The summed E-state index contributed by atoms with van der Waals surface area (Å²) in [7, 11) is 0. The molecule has 1 aromatic heterocycles. The first kappa shape index (κ1) is 18.6. The molecule has 2 amide bonds. The van der Waals surface area contributed by atoms with Gasteiger partial charge in [-0.1, -0.05) is 41.6 Å². The Labute approximate surface area is 166 Å². The third-order valence-corrected chi connectivity index (χ3v) is 5.62. The zero-order valence-electron chi connectivity index (χ0n) is 15.3. The molecule has 2 atom stereocenters. The fourth-order valence-electron chi connectivity index (χ4n) is 3.14. The van der Waals surface area contributed by atoms with E-state index < -0.39 is 0 Å². The first-order chi connectivity index (χ1) is 13.6. The number of amides is 2. The van der Waals surface area contributed by atoms with Crippen LogP contribution in [0, 0.1) is 6.92 Å². The summed E-state index contributed by atoms with van der Waals surface area (Å²) in [5, 5.41) is 9.29. The predicted octanol–water partition coefficient (Wildman–Crippen LogP) is 1.66. The molecule has 1 aromatic carbocycles. The van der Waals surface area contributed by atoms with Crippen LogP contribution in [0.15, 0.2) is 52.2 Å². The molecule has 2 aliphatic heterocycles. The molecule has 1 fully saturated rings. The predicted molar refractivity (Wildman–Crippen MR) is 106 cm³/mol. The maximum Gasteiger partial charge on any atom is 0.264 e. The van der Waals surface area contributed by atoms with Gasteiger partial charge in [0.15, 0.2) is 5.17 Å². The van der Waals surface area contributed by atoms with Gasteiger partial charge in [0.25, 0.3) is 5.91 Å². The highest BCUT2D eigenvalue weighted by Gasteiger charge is 2.42. The Morgan fingerprint density at radius 3 is 2.93 bits per heavy atom. The van der Waals surface area contributed by atoms with E-state index in [4.69, 9.17) is 4.42 Å². The molecule has 28 heavy (non-hydrogen) atoms. The summed E-state index contributed by atoms with van der Waals surface area (Å²) in [6, 6.07) is 11.2. The summed E-state index contributed by atoms with van der Waals surface area (Å²) >= 11 is 1.28. The minimum atomic E-state index is -0.384. The number of benzene rings is 1. The molecule has 0 aliphatic carbocycles. The number of hydrazone groups is 1. The number of furan rings is 1. The zero-order valence-corrected chi connectivity index (χ0v) is 16.2. The number of hydrazine groups is 1. The van der Waals surface area contributed by atoms with Gasteiger partial charge in [-0.05, 0) is 24.6 Å². The lowest BCUT2D eigenvalue weighted by molar-refractivity contribution is -0.125. The summed E-state index contributed by atoms with van der Waals surface area (Å²) in [6.07, 6.45) is 2.18. The van der Waals surface area contributed by atoms with E-state index in [9.17, 15) is 9.59 Å². The lowest BCUT2D eigenvalue weighted by Gasteiger charge is -2.29. The number of carbonyl (C=O) groups is 2. The van der Waals surface area contributed by atoms with Crippen LogP contribution in [0.5, 0.6) is 0 Å². The number of nitrogens with zero attached hydrogens (tertiary/aromatic N) is 2. The molecule has 0 bridgehead atoms. The van der Waals surface area contributed by atoms with Gasteiger partial charge in [-0.15, -0.1) is 5.10 Å². The second-order valence-corrected chi connectivity index (χ2v) is 7.68. The number of hydrogen-bond donors (Lipinski definition) is 3. The molecule has 3 N–H and O–H groups in total. The van der Waals surface area contributed by atoms with E-state index in [2.05, 4.69) is 21.3 Å². The molecule has 1 saturated heterocycles. The van der Waals surface area contributed by atoms with Gasteiger partial charge in [0.05, 0.1) is 18.1 Å². The minimum Gasteiger partial charge on any atom is -0.468 e. The van der Waals surface area contributed by atoms with Gasteiger partial charge in [0, 0.05) is 13.0 Å². The highest BCUT2D eigenvalue weighted by Crippen LogP contribution is 2.31. The summed E-state index contributed by atoms with van der Waals surface area (Å²) in [6.45, 7) is 2.51. The number of carbonyl (C=O) groups excluding carboxylic acids is 2. The minimum absolute atomic E-state index is 0.0940. The maximum absolute atomic E-state index is 12.2. The highest BCUT2D eigenvalue weighted by molar-refractivity contribution is 8.14. The second-order valence-electron chi connectivity index (χ2n) is 6.74. The van der Waals surface area contributed by atoms with Crippen LogP contribution < -0.4 is 16.2 Å². The van der Waals surface area contributed by atoms with Crippen LogP contribution in [0.4, 0.5) is 0 Å². The van der Waals surface area contributed by atoms with Crippen molar-refractivity contribution in [1.82, 2.24) is 21.2 Å². The van der Waals surface area contributed by atoms with Crippen LogP contribution >= 0.6 is 11.8 Å². The molecule has 2 aromatic rings. The van der Waals surface area contributed by atoms with Crippen molar-refractivity contribution in [3.05, 3.63) is 59.5 Å². The van der Waals surface area contributed by atoms with Crippen LogP contribution in [0.2, 0.25) is 0 Å². The largest absolute Gasteiger partial charge is 0.468 e. The molecule has 4 rings (SSSR count). The molecule has 2 aliphatic rings. The van der Waals surface area contributed by atoms with Gasteiger partial charge < -0.3 is 9.73 Å². The number of thioether (sulfide) groups is 1. The Hall–Kier alpha value is -2.78. The first-order valence-corrected chi connectivity index (χ1v) is 10.00. The number of rotatable bonds is 5. The van der Waals surface area contributed by atoms with Crippen LogP contribution in [0.3, 0.4) is 0 Å². The summed E-state index contributed by atoms with van der Waals surface area (Å²) in [5.74, 6) is 0.706. The molecule has 8 nitrogen and oxygen atoms in total. The Kier molecular flexibility index (Phi) is 5.36. The van der Waals surface area contributed by atoms with E-state index in [0.717, 1.165) is 11.3 Å². The van der Waals surface area contributed by atoms with Crippen molar-refractivity contribution in [3.63, 3.8) is 0 Å². The van der Waals surface area contributed by atoms with Gasteiger partial charge in [-0.2, -0.15) is 0 Å². The summed E-state index contributed by atoms with van der Waals surface area (Å²) in [5.41, 5.74) is 8.03. The van der Waals surface area contributed by atoms with E-state index in [1.807, 2.05) is 43.3 Å². The fraction of sp³-hybridized carbons (Fsp3) is 0.316. The standard InChI is InChI=1S/C19H21N5O3S/c1-12-4-6-13(7-5-12)10-20-17(25)11-28-19-22-21-18(26)15-9-14(23-24(15)19)16-3-2-8-27-16/h2-8,14-15,23H,9-11H2,1H3,(H,20,25)(H,21,26). The van der Waals surface area contributed by atoms with E-state index in [1.165, 1.54) is 17.3 Å². The van der Waals surface area contributed by atoms with Crippen LogP contribution in [-0.4, -0.2) is 33.8 Å². The van der Waals surface area contributed by atoms with Crippen LogP contribution in [0.1, 0.15) is 29.3 Å². The van der Waals surface area contributed by atoms with E-state index in [1.54, 1.807) is 11.3 Å². The molecular weight excluding hydrogens is 378 g/mol. The number of hydrogen-bond acceptors (Lipinski definition) is 7. The van der Waals surface area contributed by atoms with Crippen LogP contribution in [-0.2, 0) is 16.1 Å². The van der Waals surface area contributed by atoms with Crippen molar-refractivity contribution < 1.29 is 14.0 Å². The SMILES string of the molecule is Cc1ccc(CNC(=O)CSC2=NNC(=O)C3CC(c4ccco4)NN23)cc1.